The van der Waals surface area contributed by atoms with E-state index in [2.05, 4.69) is 5.32 Å². The lowest BCUT2D eigenvalue weighted by atomic mass is 9.95. The zero-order valence-electron chi connectivity index (χ0n) is 10.7. The van der Waals surface area contributed by atoms with E-state index in [0.717, 1.165) is 31.8 Å². The van der Waals surface area contributed by atoms with Crippen LogP contribution in [0.25, 0.3) is 0 Å². The summed E-state index contributed by atoms with van der Waals surface area (Å²) in [7, 11) is 0. The van der Waals surface area contributed by atoms with Crippen LogP contribution in [0.3, 0.4) is 0 Å². The van der Waals surface area contributed by atoms with Crippen molar-refractivity contribution in [1.29, 1.82) is 0 Å². The summed E-state index contributed by atoms with van der Waals surface area (Å²) in [6.45, 7) is 6.17. The molecule has 1 fully saturated rings. The largest absolute Gasteiger partial charge is 0.480 e. The van der Waals surface area contributed by atoms with E-state index in [0.29, 0.717) is 18.2 Å². The molecule has 1 unspecified atom stereocenters. The number of carbonyl (C=O) groups is 1. The minimum atomic E-state index is -0.765. The van der Waals surface area contributed by atoms with Crippen LogP contribution in [0, 0.1) is 0 Å². The predicted molar refractivity (Wildman–Crippen MR) is 70.6 cm³/mol. The molecule has 0 aliphatic carbocycles. The number of hydrogen-bond donors (Lipinski definition) is 2. The minimum Gasteiger partial charge on any atom is -0.480 e. The summed E-state index contributed by atoms with van der Waals surface area (Å²) in [5.74, 6) is 0.356. The molecule has 1 aliphatic rings. The highest BCUT2D eigenvalue weighted by Gasteiger charge is 2.31. The van der Waals surface area contributed by atoms with Crippen LogP contribution in [0.1, 0.15) is 33.1 Å². The lowest BCUT2D eigenvalue weighted by Crippen LogP contribution is -2.49. The number of likely N-dealkylation sites (N-methyl/N-ethyl adjacent to an activating group) is 1. The van der Waals surface area contributed by atoms with Crippen molar-refractivity contribution in [2.75, 3.05) is 25.5 Å². The smallest absolute Gasteiger partial charge is 0.323 e. The number of hydrogen-bond acceptors (Lipinski definition) is 4. The summed E-state index contributed by atoms with van der Waals surface area (Å²) < 4.78 is 5.10. The summed E-state index contributed by atoms with van der Waals surface area (Å²) in [6.07, 6.45) is 2.73. The van der Waals surface area contributed by atoms with Crippen LogP contribution in [0.2, 0.25) is 0 Å². The van der Waals surface area contributed by atoms with Crippen molar-refractivity contribution in [2.24, 2.45) is 0 Å². The molecule has 17 heavy (non-hydrogen) atoms. The number of aliphatic carboxylic acids is 1. The molecule has 4 nitrogen and oxygen atoms in total. The third kappa shape index (κ3) is 4.85. The molecule has 1 atom stereocenters. The van der Waals surface area contributed by atoms with E-state index in [4.69, 9.17) is 4.74 Å². The maximum atomic E-state index is 11.2. The predicted octanol–water partition coefficient (Wildman–Crippen LogP) is 1.74. The molecular weight excluding hydrogens is 238 g/mol. The molecule has 100 valence electrons. The zero-order valence-corrected chi connectivity index (χ0v) is 11.5. The lowest BCUT2D eigenvalue weighted by molar-refractivity contribution is -0.144. The van der Waals surface area contributed by atoms with Crippen molar-refractivity contribution in [3.05, 3.63) is 0 Å². The molecular formula is C12H23NO3S. The third-order valence-corrected chi connectivity index (χ3v) is 4.34. The van der Waals surface area contributed by atoms with Crippen molar-refractivity contribution >= 4 is 17.7 Å². The first kappa shape index (κ1) is 14.8. The van der Waals surface area contributed by atoms with Gasteiger partial charge >= 0.3 is 5.97 Å². The van der Waals surface area contributed by atoms with E-state index in [9.17, 15) is 9.90 Å². The third-order valence-electron chi connectivity index (χ3n) is 3.07. The van der Waals surface area contributed by atoms with Gasteiger partial charge in [0.05, 0.1) is 18.5 Å². The lowest BCUT2D eigenvalue weighted by Gasteiger charge is -2.27. The van der Waals surface area contributed by atoms with Gasteiger partial charge in [0.2, 0.25) is 0 Å². The van der Waals surface area contributed by atoms with E-state index in [1.807, 2.05) is 18.7 Å². The molecule has 1 heterocycles. The van der Waals surface area contributed by atoms with Gasteiger partial charge in [-0.3, -0.25) is 4.79 Å². The van der Waals surface area contributed by atoms with Crippen molar-refractivity contribution in [3.8, 4) is 0 Å². The minimum absolute atomic E-state index is 0.676. The highest BCUT2D eigenvalue weighted by atomic mass is 32.2. The average Bonchev–Trinajstić information content (AvgIpc) is 2.20. The van der Waals surface area contributed by atoms with Crippen LogP contribution in [0.15, 0.2) is 0 Å². The van der Waals surface area contributed by atoms with Gasteiger partial charge in [0.15, 0.2) is 0 Å². The number of unbranched alkanes of at least 4 members (excludes halogenated alkanes) is 1. The first-order valence-corrected chi connectivity index (χ1v) is 7.31. The molecule has 2 N–H and O–H groups in total. The van der Waals surface area contributed by atoms with Crippen LogP contribution < -0.4 is 5.32 Å². The molecule has 0 aromatic carbocycles. The first-order valence-electron chi connectivity index (χ1n) is 6.26. The van der Waals surface area contributed by atoms with Gasteiger partial charge in [-0.2, -0.15) is 11.8 Å². The quantitative estimate of drug-likeness (QED) is 0.619. The Labute approximate surface area is 107 Å². The average molecular weight is 261 g/mol. The second-order valence-corrected chi connectivity index (χ2v) is 6.06. The standard InChI is InChI=1S/C12H23NO3S/c1-3-13-12(2,11(14)15)6-4-5-7-17-10-8-16-9-10/h10,13H,3-9H2,1-2H3,(H,14,15). The van der Waals surface area contributed by atoms with Gasteiger partial charge in [0.1, 0.15) is 5.54 Å². The number of rotatable bonds is 9. The molecule has 1 saturated heterocycles. The summed E-state index contributed by atoms with van der Waals surface area (Å²) in [6, 6.07) is 0. The number of carboxylic acid groups (broad SMARTS) is 1. The monoisotopic (exact) mass is 261 g/mol. The van der Waals surface area contributed by atoms with Crippen LogP contribution in [0.5, 0.6) is 0 Å². The molecule has 0 radical (unpaired) electrons. The first-order chi connectivity index (χ1) is 8.08. The Kier molecular flexibility index (Phi) is 6.30. The van der Waals surface area contributed by atoms with Gasteiger partial charge in [0, 0.05) is 0 Å². The number of ether oxygens (including phenoxy) is 1. The zero-order chi connectivity index (χ0) is 12.7. The van der Waals surface area contributed by atoms with E-state index in [1.54, 1.807) is 6.92 Å². The molecule has 0 aromatic rings. The summed E-state index contributed by atoms with van der Waals surface area (Å²) in [4.78, 5) is 11.2. The Morgan fingerprint density at radius 2 is 2.24 bits per heavy atom. The van der Waals surface area contributed by atoms with Gasteiger partial charge in [0.25, 0.3) is 0 Å². The highest BCUT2D eigenvalue weighted by Crippen LogP contribution is 2.21. The Balaban J connectivity index is 2.11. The van der Waals surface area contributed by atoms with Gasteiger partial charge in [-0.25, -0.2) is 0 Å². The fourth-order valence-electron chi connectivity index (χ4n) is 1.80. The van der Waals surface area contributed by atoms with Crippen LogP contribution >= 0.6 is 11.8 Å². The number of thioether (sulfide) groups is 1. The van der Waals surface area contributed by atoms with Crippen molar-refractivity contribution in [1.82, 2.24) is 5.32 Å². The Bertz CT molecular complexity index is 246. The molecule has 0 aromatic heterocycles. The second kappa shape index (κ2) is 7.24. The normalized spacial score (nSPS) is 19.6. The van der Waals surface area contributed by atoms with Gasteiger partial charge in [-0.15, -0.1) is 0 Å². The molecule has 0 saturated carbocycles. The molecule has 0 amide bonds. The second-order valence-electron chi connectivity index (χ2n) is 4.65. The molecule has 5 heteroatoms. The van der Waals surface area contributed by atoms with E-state index in [1.165, 1.54) is 0 Å². The SMILES string of the molecule is CCNC(C)(CCCCSC1COC1)C(=O)O. The van der Waals surface area contributed by atoms with E-state index < -0.39 is 11.5 Å². The van der Waals surface area contributed by atoms with Crippen molar-refractivity contribution < 1.29 is 14.6 Å². The Morgan fingerprint density at radius 1 is 1.53 bits per heavy atom. The van der Waals surface area contributed by atoms with Crippen molar-refractivity contribution in [3.63, 3.8) is 0 Å². The van der Waals surface area contributed by atoms with Gasteiger partial charge in [-0.05, 0) is 32.1 Å². The van der Waals surface area contributed by atoms with Crippen molar-refractivity contribution in [2.45, 2.75) is 43.9 Å². The van der Waals surface area contributed by atoms with Crippen LogP contribution in [-0.2, 0) is 9.53 Å². The maximum Gasteiger partial charge on any atom is 0.323 e. The maximum absolute atomic E-state index is 11.2. The Morgan fingerprint density at radius 3 is 2.71 bits per heavy atom. The van der Waals surface area contributed by atoms with E-state index in [-0.39, 0.29) is 0 Å². The topological polar surface area (TPSA) is 58.6 Å². The fraction of sp³-hybridized carbons (Fsp3) is 0.917. The number of carboxylic acids is 1. The fourth-order valence-corrected chi connectivity index (χ4v) is 2.89. The summed E-state index contributed by atoms with van der Waals surface area (Å²) >= 11 is 1.94. The van der Waals surface area contributed by atoms with Gasteiger partial charge < -0.3 is 15.2 Å². The highest BCUT2D eigenvalue weighted by molar-refractivity contribution is 8.00. The van der Waals surface area contributed by atoms with Crippen LogP contribution in [-0.4, -0.2) is 47.4 Å². The van der Waals surface area contributed by atoms with E-state index >= 15 is 0 Å². The molecule has 1 aliphatic heterocycles. The number of nitrogens with one attached hydrogen (secondary N) is 1. The molecule has 1 rings (SSSR count). The van der Waals surface area contributed by atoms with Crippen LogP contribution in [0.4, 0.5) is 0 Å². The Hall–Kier alpha value is -0.260. The summed E-state index contributed by atoms with van der Waals surface area (Å²) in [5.41, 5.74) is -0.765. The summed E-state index contributed by atoms with van der Waals surface area (Å²) in [5, 5.41) is 12.9. The molecule has 0 spiro atoms. The van der Waals surface area contributed by atoms with Gasteiger partial charge in [-0.1, -0.05) is 13.3 Å². The molecule has 0 bridgehead atoms.